The minimum absolute atomic E-state index is 0.0281. The van der Waals surface area contributed by atoms with Gasteiger partial charge in [-0.15, -0.1) is 0 Å². The lowest BCUT2D eigenvalue weighted by Gasteiger charge is -2.64. The van der Waals surface area contributed by atoms with E-state index in [1.165, 1.54) is 6.07 Å². The van der Waals surface area contributed by atoms with E-state index in [-0.39, 0.29) is 37.1 Å². The maximum absolute atomic E-state index is 15.6. The van der Waals surface area contributed by atoms with Gasteiger partial charge in [0.05, 0.1) is 29.8 Å². The van der Waals surface area contributed by atoms with E-state index in [4.69, 9.17) is 15.5 Å². The fourth-order valence-corrected chi connectivity index (χ4v) is 8.10. The number of piperidine rings is 1. The van der Waals surface area contributed by atoms with Crippen LogP contribution < -0.4 is 15.8 Å². The van der Waals surface area contributed by atoms with Gasteiger partial charge in [-0.25, -0.2) is 13.8 Å². The number of aromatic nitrogens is 3. The summed E-state index contributed by atoms with van der Waals surface area (Å²) in [6, 6.07) is 8.32. The maximum Gasteiger partial charge on any atom is 0.254 e. The molecule has 4 aromatic rings. The van der Waals surface area contributed by atoms with Gasteiger partial charge >= 0.3 is 0 Å². The molecule has 11 heteroatoms. The Kier molecular flexibility index (Phi) is 6.56. The van der Waals surface area contributed by atoms with Crippen molar-refractivity contribution in [2.24, 2.45) is 24.1 Å². The van der Waals surface area contributed by atoms with E-state index in [0.29, 0.717) is 47.2 Å². The van der Waals surface area contributed by atoms with E-state index in [1.54, 1.807) is 25.0 Å². The SMILES string of the molecule is COc1cc(C(=O)N2CCC[C@@H](N)C2)cc2nc(-c3cc4cc(F)c([C@@H](C)NC(=O)C56CC(F)(C5)C6)cc4n3CC3CC3)n(C)c12. The minimum atomic E-state index is -1.18. The number of amides is 2. The fourth-order valence-electron chi connectivity index (χ4n) is 8.10. The third-order valence-corrected chi connectivity index (χ3v) is 10.8. The van der Waals surface area contributed by atoms with Crippen LogP contribution in [0.25, 0.3) is 33.5 Å². The molecule has 5 aliphatic rings. The summed E-state index contributed by atoms with van der Waals surface area (Å²) in [7, 11) is 3.51. The zero-order valence-electron chi connectivity index (χ0n) is 26.5. The van der Waals surface area contributed by atoms with Crippen LogP contribution in [-0.4, -0.2) is 62.7 Å². The first kappa shape index (κ1) is 29.4. The molecule has 242 valence electrons. The van der Waals surface area contributed by atoms with E-state index in [9.17, 15) is 14.0 Å². The number of fused-ring (bicyclic) bond motifs is 2. The van der Waals surface area contributed by atoms with E-state index >= 15 is 4.39 Å². The smallest absolute Gasteiger partial charge is 0.254 e. The number of methoxy groups -OCH3 is 1. The summed E-state index contributed by atoms with van der Waals surface area (Å²) in [4.78, 5) is 33.3. The third-order valence-electron chi connectivity index (χ3n) is 10.8. The van der Waals surface area contributed by atoms with Crippen molar-refractivity contribution in [1.82, 2.24) is 24.3 Å². The average Bonchev–Trinajstić information content (AvgIpc) is 3.67. The van der Waals surface area contributed by atoms with Crippen LogP contribution in [0, 0.1) is 17.2 Å². The molecule has 2 bridgehead atoms. The highest BCUT2D eigenvalue weighted by Gasteiger charge is 2.72. The molecular weight excluding hydrogens is 590 g/mol. The lowest BCUT2D eigenvalue weighted by atomic mass is 9.42. The summed E-state index contributed by atoms with van der Waals surface area (Å²) in [5.74, 6) is 1.06. The summed E-state index contributed by atoms with van der Waals surface area (Å²) in [6.45, 7) is 3.73. The first-order valence-electron chi connectivity index (χ1n) is 16.4. The number of rotatable bonds is 8. The zero-order chi connectivity index (χ0) is 32.1. The summed E-state index contributed by atoms with van der Waals surface area (Å²) < 4.78 is 39.7. The van der Waals surface area contributed by atoms with Gasteiger partial charge in [-0.05, 0) is 88.1 Å². The van der Waals surface area contributed by atoms with Gasteiger partial charge in [0.1, 0.15) is 22.8 Å². The number of aryl methyl sites for hydroxylation is 1. The number of alkyl halides is 1. The van der Waals surface area contributed by atoms with Crippen molar-refractivity contribution in [3.63, 3.8) is 0 Å². The van der Waals surface area contributed by atoms with Crippen LogP contribution in [0.3, 0.4) is 0 Å². The number of carbonyl (C=O) groups excluding carboxylic acids is 2. The van der Waals surface area contributed by atoms with Gasteiger partial charge < -0.3 is 29.8 Å². The summed E-state index contributed by atoms with van der Waals surface area (Å²) in [5, 5.41) is 3.71. The van der Waals surface area contributed by atoms with Gasteiger partial charge in [0.2, 0.25) is 5.91 Å². The lowest BCUT2D eigenvalue weighted by molar-refractivity contribution is -0.214. The molecule has 2 aromatic carbocycles. The molecule has 9 rings (SSSR count). The van der Waals surface area contributed by atoms with Crippen LogP contribution in [-0.2, 0) is 18.4 Å². The molecule has 46 heavy (non-hydrogen) atoms. The molecule has 0 spiro atoms. The number of hydrogen-bond donors (Lipinski definition) is 2. The Labute approximate surface area is 266 Å². The Morgan fingerprint density at radius 3 is 2.59 bits per heavy atom. The van der Waals surface area contributed by atoms with Crippen LogP contribution in [0.4, 0.5) is 8.78 Å². The van der Waals surface area contributed by atoms with Crippen molar-refractivity contribution in [3.05, 3.63) is 47.3 Å². The van der Waals surface area contributed by atoms with Gasteiger partial charge in [-0.2, -0.15) is 0 Å². The molecule has 2 amide bonds. The van der Waals surface area contributed by atoms with Crippen molar-refractivity contribution in [1.29, 1.82) is 0 Å². The molecule has 1 saturated heterocycles. The van der Waals surface area contributed by atoms with Gasteiger partial charge in [0.15, 0.2) is 5.82 Å². The van der Waals surface area contributed by atoms with Gasteiger partial charge in [-0.3, -0.25) is 9.59 Å². The number of nitrogens with two attached hydrogens (primary N) is 1. The highest BCUT2D eigenvalue weighted by molar-refractivity contribution is 6.00. The highest BCUT2D eigenvalue weighted by atomic mass is 19.1. The summed E-state index contributed by atoms with van der Waals surface area (Å²) >= 11 is 0. The number of imidazole rings is 1. The second-order valence-corrected chi connectivity index (χ2v) is 14.4. The molecule has 2 aromatic heterocycles. The predicted octanol–water partition coefficient (Wildman–Crippen LogP) is 5.39. The normalized spacial score (nSPS) is 26.1. The Morgan fingerprint density at radius 2 is 1.91 bits per heavy atom. The highest BCUT2D eigenvalue weighted by Crippen LogP contribution is 2.69. The third kappa shape index (κ3) is 4.60. The van der Waals surface area contributed by atoms with E-state index in [1.807, 2.05) is 29.8 Å². The second-order valence-electron chi connectivity index (χ2n) is 14.4. The lowest BCUT2D eigenvalue weighted by Crippen LogP contribution is -2.70. The number of hydrogen-bond acceptors (Lipinski definition) is 5. The van der Waals surface area contributed by atoms with Crippen LogP contribution >= 0.6 is 0 Å². The molecule has 3 N–H and O–H groups in total. The van der Waals surface area contributed by atoms with E-state index in [0.717, 1.165) is 54.3 Å². The Hall–Kier alpha value is -3.99. The molecule has 2 atom stereocenters. The molecule has 0 radical (unpaired) electrons. The molecule has 3 heterocycles. The monoisotopic (exact) mass is 630 g/mol. The number of benzene rings is 2. The van der Waals surface area contributed by atoms with Gasteiger partial charge in [-0.1, -0.05) is 0 Å². The number of halogens is 2. The largest absolute Gasteiger partial charge is 0.494 e. The van der Waals surface area contributed by atoms with Crippen LogP contribution in [0.2, 0.25) is 0 Å². The summed E-state index contributed by atoms with van der Waals surface area (Å²) in [6.07, 6.45) is 4.82. The standard InChI is InChI=1S/C35H40F2N6O3/c1-19(39-33(45)34-16-35(37,17-34)18-34)24-13-27-21(9-25(24)36)11-28(43(27)14-20-6-7-20)31-40-26-10-22(12-29(46-3)30(26)41(31)2)32(44)42-8-4-5-23(38)15-42/h9-13,19-20,23H,4-8,14-18,38H2,1-3H3,(H,39,45)/t19-,23-,34?,35?/m1/s1. The Morgan fingerprint density at radius 1 is 1.15 bits per heavy atom. The average molecular weight is 631 g/mol. The molecule has 4 saturated carbocycles. The Balaban J connectivity index is 1.18. The van der Waals surface area contributed by atoms with Crippen molar-refractivity contribution in [2.45, 2.75) is 76.2 Å². The van der Waals surface area contributed by atoms with Crippen molar-refractivity contribution < 1.29 is 23.1 Å². The van der Waals surface area contributed by atoms with Crippen LogP contribution in [0.5, 0.6) is 5.75 Å². The van der Waals surface area contributed by atoms with Crippen LogP contribution in [0.1, 0.15) is 73.8 Å². The first-order valence-corrected chi connectivity index (χ1v) is 16.4. The van der Waals surface area contributed by atoms with Crippen molar-refractivity contribution in [3.8, 4) is 17.3 Å². The molecule has 5 fully saturated rings. The van der Waals surface area contributed by atoms with Crippen molar-refractivity contribution >= 4 is 33.8 Å². The van der Waals surface area contributed by atoms with E-state index < -0.39 is 22.9 Å². The minimum Gasteiger partial charge on any atom is -0.494 e. The van der Waals surface area contributed by atoms with Crippen molar-refractivity contribution in [2.75, 3.05) is 20.2 Å². The topological polar surface area (TPSA) is 107 Å². The number of nitrogens with zero attached hydrogens (tertiary/aromatic N) is 4. The number of likely N-dealkylation sites (tertiary alicyclic amines) is 1. The number of ether oxygens (including phenoxy) is 1. The van der Waals surface area contributed by atoms with E-state index in [2.05, 4.69) is 9.88 Å². The molecule has 9 nitrogen and oxygen atoms in total. The second kappa shape index (κ2) is 10.3. The quantitative estimate of drug-likeness (QED) is 0.272. The summed E-state index contributed by atoms with van der Waals surface area (Å²) in [5.41, 5.74) is 8.36. The predicted molar refractivity (Wildman–Crippen MR) is 171 cm³/mol. The fraction of sp³-hybridized carbons (Fsp3) is 0.514. The van der Waals surface area contributed by atoms with Crippen LogP contribution in [0.15, 0.2) is 30.3 Å². The molecule has 4 aliphatic carbocycles. The Bertz CT molecular complexity index is 1910. The molecular formula is C35H40F2N6O3. The van der Waals surface area contributed by atoms with Gasteiger partial charge in [0.25, 0.3) is 5.91 Å². The molecule has 0 unspecified atom stereocenters. The first-order chi connectivity index (χ1) is 22.0. The zero-order valence-corrected chi connectivity index (χ0v) is 26.5. The molecule has 1 aliphatic heterocycles. The number of nitrogens with one attached hydrogen (secondary N) is 1. The number of carbonyl (C=O) groups is 2. The maximum atomic E-state index is 15.6. The van der Waals surface area contributed by atoms with Gasteiger partial charge in [0, 0.05) is 54.8 Å².